The van der Waals surface area contributed by atoms with Gasteiger partial charge in [0.1, 0.15) is 6.04 Å². The Bertz CT molecular complexity index is 213. The molecule has 1 atom stereocenters. The average molecular weight is 235 g/mol. The van der Waals surface area contributed by atoms with Gasteiger partial charge >= 0.3 is 5.97 Å². The van der Waals surface area contributed by atoms with Crippen LogP contribution < -0.4 is 16.6 Å². The molecular weight excluding hydrogens is 218 g/mol. The number of amides is 1. The molecule has 7 heteroatoms. The normalized spacial score (nSPS) is 12.1. The molecule has 0 aromatic rings. The Balaban J connectivity index is 3.18. The number of hydrazine groups is 1. The van der Waals surface area contributed by atoms with Crippen LogP contribution in [0.25, 0.3) is 0 Å². The van der Waals surface area contributed by atoms with Gasteiger partial charge in [-0.25, -0.2) is 5.43 Å². The van der Waals surface area contributed by atoms with E-state index in [2.05, 4.69) is 10.9 Å². The molecule has 15 heavy (non-hydrogen) atoms. The lowest BCUT2D eigenvalue weighted by Gasteiger charge is -2.06. The quantitative estimate of drug-likeness (QED) is 0.323. The first-order valence-corrected chi connectivity index (χ1v) is 5.75. The number of aliphatic carboxylic acids is 1. The SMILES string of the molecule is CC(=O)NNCCSCC[C@H](N)C(=O)O. The molecule has 5 N–H and O–H groups in total. The minimum atomic E-state index is -0.966. The summed E-state index contributed by atoms with van der Waals surface area (Å²) in [5.41, 5.74) is 10.5. The highest BCUT2D eigenvalue weighted by Gasteiger charge is 2.09. The van der Waals surface area contributed by atoms with Crippen molar-refractivity contribution in [1.82, 2.24) is 10.9 Å². The largest absolute Gasteiger partial charge is 0.480 e. The molecule has 88 valence electrons. The van der Waals surface area contributed by atoms with Crippen LogP contribution in [-0.2, 0) is 9.59 Å². The molecule has 1 amide bonds. The molecule has 0 aliphatic heterocycles. The number of nitrogens with two attached hydrogens (primary N) is 1. The van der Waals surface area contributed by atoms with Crippen LogP contribution >= 0.6 is 11.8 Å². The Labute approximate surface area is 92.9 Å². The smallest absolute Gasteiger partial charge is 0.320 e. The van der Waals surface area contributed by atoms with Crippen molar-refractivity contribution in [2.45, 2.75) is 19.4 Å². The van der Waals surface area contributed by atoms with Crippen LogP contribution in [0.1, 0.15) is 13.3 Å². The van der Waals surface area contributed by atoms with Gasteiger partial charge in [-0.3, -0.25) is 15.0 Å². The van der Waals surface area contributed by atoms with Crippen molar-refractivity contribution < 1.29 is 14.7 Å². The fourth-order valence-corrected chi connectivity index (χ4v) is 1.62. The van der Waals surface area contributed by atoms with Crippen LogP contribution in [0.15, 0.2) is 0 Å². The summed E-state index contributed by atoms with van der Waals surface area (Å²) in [6.07, 6.45) is 0.458. The third-order valence-electron chi connectivity index (χ3n) is 1.53. The van der Waals surface area contributed by atoms with E-state index in [1.807, 2.05) is 0 Å². The predicted molar refractivity (Wildman–Crippen MR) is 59.4 cm³/mol. The second-order valence-electron chi connectivity index (χ2n) is 2.95. The van der Waals surface area contributed by atoms with Crippen molar-refractivity contribution in [1.29, 1.82) is 0 Å². The van der Waals surface area contributed by atoms with Crippen LogP contribution in [-0.4, -0.2) is 41.1 Å². The number of carboxylic acids is 1. The van der Waals surface area contributed by atoms with E-state index in [9.17, 15) is 9.59 Å². The topological polar surface area (TPSA) is 104 Å². The molecule has 0 rings (SSSR count). The Kier molecular flexibility index (Phi) is 8.06. The van der Waals surface area contributed by atoms with Gasteiger partial charge in [-0.05, 0) is 12.2 Å². The maximum Gasteiger partial charge on any atom is 0.320 e. The van der Waals surface area contributed by atoms with Gasteiger partial charge in [0.15, 0.2) is 0 Å². The van der Waals surface area contributed by atoms with Crippen molar-refractivity contribution in [3.63, 3.8) is 0 Å². The monoisotopic (exact) mass is 235 g/mol. The summed E-state index contributed by atoms with van der Waals surface area (Å²) in [4.78, 5) is 20.8. The number of rotatable bonds is 8. The lowest BCUT2D eigenvalue weighted by atomic mass is 10.2. The van der Waals surface area contributed by atoms with E-state index in [0.29, 0.717) is 18.7 Å². The van der Waals surface area contributed by atoms with E-state index in [-0.39, 0.29) is 5.91 Å². The molecule has 0 saturated carbocycles. The van der Waals surface area contributed by atoms with Crippen molar-refractivity contribution >= 4 is 23.6 Å². The fraction of sp³-hybridized carbons (Fsp3) is 0.750. The van der Waals surface area contributed by atoms with Gasteiger partial charge in [0.25, 0.3) is 0 Å². The maximum atomic E-state index is 10.4. The van der Waals surface area contributed by atoms with Crippen molar-refractivity contribution in [3.05, 3.63) is 0 Å². The van der Waals surface area contributed by atoms with Crippen LogP contribution in [0.2, 0.25) is 0 Å². The molecule has 0 radical (unpaired) electrons. The minimum absolute atomic E-state index is 0.132. The Morgan fingerprint density at radius 1 is 1.47 bits per heavy atom. The van der Waals surface area contributed by atoms with Gasteiger partial charge in [-0.2, -0.15) is 11.8 Å². The highest BCUT2D eigenvalue weighted by atomic mass is 32.2. The molecule has 0 saturated heterocycles. The molecular formula is C8H17N3O3S. The zero-order chi connectivity index (χ0) is 11.7. The third-order valence-corrected chi connectivity index (χ3v) is 2.54. The summed E-state index contributed by atoms with van der Waals surface area (Å²) in [5.74, 6) is 0.404. The van der Waals surface area contributed by atoms with Crippen molar-refractivity contribution in [3.8, 4) is 0 Å². The van der Waals surface area contributed by atoms with Gasteiger partial charge in [0.2, 0.25) is 5.91 Å². The Hall–Kier alpha value is -0.790. The molecule has 0 heterocycles. The number of carboxylic acid groups (broad SMARTS) is 1. The zero-order valence-corrected chi connectivity index (χ0v) is 9.47. The first-order valence-electron chi connectivity index (χ1n) is 4.59. The summed E-state index contributed by atoms with van der Waals surface area (Å²) >= 11 is 1.59. The summed E-state index contributed by atoms with van der Waals surface area (Å²) in [7, 11) is 0. The van der Waals surface area contributed by atoms with Gasteiger partial charge in [-0.1, -0.05) is 0 Å². The molecule has 0 aromatic carbocycles. The van der Waals surface area contributed by atoms with Crippen molar-refractivity contribution in [2.75, 3.05) is 18.1 Å². The van der Waals surface area contributed by atoms with Crippen LogP contribution in [0.5, 0.6) is 0 Å². The van der Waals surface area contributed by atoms with E-state index in [4.69, 9.17) is 10.8 Å². The van der Waals surface area contributed by atoms with Crippen LogP contribution in [0.4, 0.5) is 0 Å². The summed E-state index contributed by atoms with van der Waals surface area (Å²) in [6.45, 7) is 2.07. The van der Waals surface area contributed by atoms with Gasteiger partial charge in [0.05, 0.1) is 0 Å². The molecule has 0 aromatic heterocycles. The third kappa shape index (κ3) is 9.51. The van der Waals surface area contributed by atoms with Crippen LogP contribution in [0.3, 0.4) is 0 Å². The molecule has 0 fully saturated rings. The molecule has 6 nitrogen and oxygen atoms in total. The molecule has 0 spiro atoms. The zero-order valence-electron chi connectivity index (χ0n) is 8.66. The number of hydrogen-bond donors (Lipinski definition) is 4. The van der Waals surface area contributed by atoms with Gasteiger partial charge in [0, 0.05) is 19.2 Å². The molecule has 0 aliphatic carbocycles. The second-order valence-corrected chi connectivity index (χ2v) is 4.18. The lowest BCUT2D eigenvalue weighted by Crippen LogP contribution is -2.37. The molecule has 0 unspecified atom stereocenters. The van der Waals surface area contributed by atoms with Gasteiger partial charge < -0.3 is 10.8 Å². The molecule has 0 aliphatic rings. The number of hydrogen-bond acceptors (Lipinski definition) is 5. The minimum Gasteiger partial charge on any atom is -0.480 e. The predicted octanol–water partition coefficient (Wildman–Crippen LogP) is -0.838. The summed E-state index contributed by atoms with van der Waals surface area (Å²) in [6, 6.07) is -0.777. The Morgan fingerprint density at radius 2 is 2.13 bits per heavy atom. The molecule has 0 bridgehead atoms. The van der Waals surface area contributed by atoms with Gasteiger partial charge in [-0.15, -0.1) is 0 Å². The lowest BCUT2D eigenvalue weighted by molar-refractivity contribution is -0.138. The Morgan fingerprint density at radius 3 is 2.67 bits per heavy atom. The van der Waals surface area contributed by atoms with Crippen LogP contribution in [0, 0.1) is 0 Å². The summed E-state index contributed by atoms with van der Waals surface area (Å²) < 4.78 is 0. The first kappa shape index (κ1) is 14.2. The average Bonchev–Trinajstić information content (AvgIpc) is 2.15. The van der Waals surface area contributed by atoms with E-state index in [1.165, 1.54) is 6.92 Å². The van der Waals surface area contributed by atoms with E-state index >= 15 is 0 Å². The maximum absolute atomic E-state index is 10.4. The number of carbonyl (C=O) groups excluding carboxylic acids is 1. The number of carbonyl (C=O) groups is 2. The highest BCUT2D eigenvalue weighted by molar-refractivity contribution is 7.99. The first-order chi connectivity index (χ1) is 7.04. The summed E-state index contributed by atoms with van der Waals surface area (Å²) in [5, 5.41) is 8.49. The standard InChI is InChI=1S/C8H17N3O3S/c1-6(12)11-10-3-5-15-4-2-7(9)8(13)14/h7,10H,2-5,9H2,1H3,(H,11,12)(H,13,14)/t7-/m0/s1. The second kappa shape index (κ2) is 8.51. The fourth-order valence-electron chi connectivity index (χ4n) is 0.746. The highest BCUT2D eigenvalue weighted by Crippen LogP contribution is 2.02. The number of nitrogens with one attached hydrogen (secondary N) is 2. The van der Waals surface area contributed by atoms with Crippen molar-refractivity contribution in [2.24, 2.45) is 5.73 Å². The van der Waals surface area contributed by atoms with E-state index in [1.54, 1.807) is 11.8 Å². The number of thioether (sulfide) groups is 1. The van der Waals surface area contributed by atoms with E-state index < -0.39 is 12.0 Å². The van der Waals surface area contributed by atoms with E-state index in [0.717, 1.165) is 5.75 Å².